The molecule has 0 bridgehead atoms. The molecular weight excluding hydrogens is 552 g/mol. The fraction of sp³-hybridized carbons (Fsp3) is 0.182. The summed E-state index contributed by atoms with van der Waals surface area (Å²) in [6.07, 6.45) is 1.63. The van der Waals surface area contributed by atoms with E-state index >= 15 is 0 Å². The molecule has 0 spiro atoms. The lowest BCUT2D eigenvalue weighted by Gasteiger charge is -2.15. The molecule has 2 aromatic carbocycles. The van der Waals surface area contributed by atoms with E-state index in [9.17, 15) is 18.4 Å². The molecule has 2 amide bonds. The predicted molar refractivity (Wildman–Crippen MR) is 131 cm³/mol. The fourth-order valence-electron chi connectivity index (χ4n) is 2.97. The first kappa shape index (κ1) is 25.9. The largest absolute Gasteiger partial charge is 0.342 e. The zero-order valence-electron chi connectivity index (χ0n) is 17.8. The van der Waals surface area contributed by atoms with Crippen molar-refractivity contribution in [2.24, 2.45) is 0 Å². The Morgan fingerprint density at radius 3 is 2.74 bits per heavy atom. The van der Waals surface area contributed by atoms with Crippen molar-refractivity contribution in [1.29, 1.82) is 0 Å². The van der Waals surface area contributed by atoms with Gasteiger partial charge in [-0.15, -0.1) is 16.8 Å². The van der Waals surface area contributed by atoms with E-state index in [2.05, 4.69) is 43.3 Å². The van der Waals surface area contributed by atoms with Crippen LogP contribution in [-0.2, 0) is 11.3 Å². The summed E-state index contributed by atoms with van der Waals surface area (Å²) in [6.45, 7) is 5.82. The van der Waals surface area contributed by atoms with E-state index in [1.165, 1.54) is 0 Å². The maximum Gasteiger partial charge on any atom is 0.251 e. The maximum absolute atomic E-state index is 14.0. The third-order valence-electron chi connectivity index (χ3n) is 4.48. The Kier molecular flexibility index (Phi) is 8.81. The number of hydrogen-bond acceptors (Lipinski definition) is 5. The molecule has 7 nitrogen and oxygen atoms in total. The minimum atomic E-state index is -0.897. The number of amides is 2. The molecule has 0 aliphatic rings. The van der Waals surface area contributed by atoms with Crippen LogP contribution in [-0.4, -0.2) is 32.3 Å². The summed E-state index contributed by atoms with van der Waals surface area (Å²) in [5.74, 6) is -2.16. The van der Waals surface area contributed by atoms with Gasteiger partial charge >= 0.3 is 0 Å². The molecule has 0 radical (unpaired) electrons. The molecule has 178 valence electrons. The Hall–Kier alpha value is -2.76. The average Bonchev–Trinajstić information content (AvgIpc) is 3.17. The zero-order chi connectivity index (χ0) is 24.8. The van der Waals surface area contributed by atoms with Crippen molar-refractivity contribution in [2.45, 2.75) is 24.7 Å². The van der Waals surface area contributed by atoms with Crippen LogP contribution in [0.4, 0.5) is 14.5 Å². The van der Waals surface area contributed by atoms with E-state index in [1.807, 2.05) is 0 Å². The van der Waals surface area contributed by atoms with Crippen LogP contribution in [0.1, 0.15) is 29.1 Å². The fourth-order valence-corrected chi connectivity index (χ4v) is 4.42. The standard InChI is InChI=1S/C22H19BrClF2N5O2S/c1-3-7-31-20(12(2)27-21(33)13-5-4-6-14(24)8-13)29-30-22(31)34-11-18(32)28-19-16(23)9-15(25)10-17(19)26/h3-6,8-10,12H,1,7,11H2,2H3,(H,27,33)(H,28,32)/t12-/m0/s1. The highest BCUT2D eigenvalue weighted by atomic mass is 79.9. The number of halogens is 4. The number of nitrogens with zero attached hydrogens (tertiary/aromatic N) is 3. The van der Waals surface area contributed by atoms with Crippen LogP contribution < -0.4 is 10.6 Å². The van der Waals surface area contributed by atoms with Crippen LogP contribution in [0.15, 0.2) is 58.7 Å². The van der Waals surface area contributed by atoms with Crippen molar-refractivity contribution < 1.29 is 18.4 Å². The van der Waals surface area contributed by atoms with Gasteiger partial charge in [-0.3, -0.25) is 9.59 Å². The number of aromatic nitrogens is 3. The van der Waals surface area contributed by atoms with E-state index in [0.717, 1.165) is 17.8 Å². The topological polar surface area (TPSA) is 88.9 Å². The molecule has 0 unspecified atom stereocenters. The first-order chi connectivity index (χ1) is 16.2. The Bertz CT molecular complexity index is 1220. The smallest absolute Gasteiger partial charge is 0.251 e. The van der Waals surface area contributed by atoms with E-state index in [-0.39, 0.29) is 21.8 Å². The summed E-state index contributed by atoms with van der Waals surface area (Å²) < 4.78 is 29.0. The van der Waals surface area contributed by atoms with Gasteiger partial charge in [-0.1, -0.05) is 35.5 Å². The van der Waals surface area contributed by atoms with E-state index in [0.29, 0.717) is 34.2 Å². The van der Waals surface area contributed by atoms with Gasteiger partial charge in [0.25, 0.3) is 5.91 Å². The van der Waals surface area contributed by atoms with Gasteiger partial charge in [0.1, 0.15) is 5.82 Å². The van der Waals surface area contributed by atoms with Crippen LogP contribution in [0.2, 0.25) is 5.02 Å². The summed E-state index contributed by atoms with van der Waals surface area (Å²) in [4.78, 5) is 24.9. The monoisotopic (exact) mass is 569 g/mol. The molecular formula is C22H19BrClF2N5O2S. The van der Waals surface area contributed by atoms with Crippen molar-refractivity contribution >= 4 is 56.8 Å². The number of hydrogen-bond donors (Lipinski definition) is 2. The Morgan fingerprint density at radius 2 is 2.06 bits per heavy atom. The predicted octanol–water partition coefficient (Wildman–Crippen LogP) is 5.38. The lowest BCUT2D eigenvalue weighted by atomic mass is 10.2. The number of nitrogens with one attached hydrogen (secondary N) is 2. The number of allylic oxidation sites excluding steroid dienone is 1. The third-order valence-corrected chi connectivity index (χ3v) is 6.31. The summed E-state index contributed by atoms with van der Waals surface area (Å²) in [5.41, 5.74) is 0.247. The van der Waals surface area contributed by atoms with Crippen molar-refractivity contribution in [3.63, 3.8) is 0 Å². The summed E-state index contributed by atoms with van der Waals surface area (Å²) >= 11 is 10.1. The van der Waals surface area contributed by atoms with Gasteiger partial charge in [-0.2, -0.15) is 0 Å². The molecule has 2 N–H and O–H groups in total. The van der Waals surface area contributed by atoms with Crippen LogP contribution in [0.25, 0.3) is 0 Å². The van der Waals surface area contributed by atoms with Crippen LogP contribution in [0.3, 0.4) is 0 Å². The van der Waals surface area contributed by atoms with E-state index in [1.54, 1.807) is 41.8 Å². The highest BCUT2D eigenvalue weighted by Crippen LogP contribution is 2.28. The van der Waals surface area contributed by atoms with Crippen molar-refractivity contribution in [1.82, 2.24) is 20.1 Å². The molecule has 1 atom stereocenters. The van der Waals surface area contributed by atoms with Gasteiger partial charge in [0.15, 0.2) is 16.8 Å². The van der Waals surface area contributed by atoms with Gasteiger partial charge in [-0.05, 0) is 47.1 Å². The lowest BCUT2D eigenvalue weighted by Crippen LogP contribution is -2.28. The zero-order valence-corrected chi connectivity index (χ0v) is 21.0. The Balaban J connectivity index is 1.69. The number of anilines is 1. The summed E-state index contributed by atoms with van der Waals surface area (Å²) in [5, 5.41) is 14.4. The molecule has 0 aliphatic carbocycles. The number of rotatable bonds is 9. The first-order valence-corrected chi connectivity index (χ1v) is 12.0. The second-order valence-corrected chi connectivity index (χ2v) is 9.26. The van der Waals surface area contributed by atoms with E-state index in [4.69, 9.17) is 11.6 Å². The Labute approximate surface area is 212 Å². The molecule has 0 saturated heterocycles. The molecule has 0 fully saturated rings. The second-order valence-electron chi connectivity index (χ2n) is 7.03. The maximum atomic E-state index is 14.0. The molecule has 3 rings (SSSR count). The molecule has 0 aliphatic heterocycles. The van der Waals surface area contributed by atoms with E-state index < -0.39 is 23.6 Å². The summed E-state index contributed by atoms with van der Waals surface area (Å²) in [7, 11) is 0. The van der Waals surface area contributed by atoms with Gasteiger partial charge in [0.05, 0.1) is 17.5 Å². The average molecular weight is 571 g/mol. The van der Waals surface area contributed by atoms with Gasteiger partial charge in [-0.25, -0.2) is 8.78 Å². The molecule has 1 heterocycles. The normalized spacial score (nSPS) is 11.7. The highest BCUT2D eigenvalue weighted by Gasteiger charge is 2.21. The van der Waals surface area contributed by atoms with Crippen LogP contribution in [0, 0.1) is 11.6 Å². The number of thioether (sulfide) groups is 1. The van der Waals surface area contributed by atoms with Crippen LogP contribution >= 0.6 is 39.3 Å². The van der Waals surface area contributed by atoms with Crippen molar-refractivity contribution in [3.8, 4) is 0 Å². The highest BCUT2D eigenvalue weighted by molar-refractivity contribution is 9.10. The van der Waals surface area contributed by atoms with Gasteiger partial charge in [0, 0.05) is 27.7 Å². The number of carbonyl (C=O) groups excluding carboxylic acids is 2. The van der Waals surface area contributed by atoms with Crippen LogP contribution in [0.5, 0.6) is 0 Å². The molecule has 34 heavy (non-hydrogen) atoms. The minimum Gasteiger partial charge on any atom is -0.342 e. The molecule has 0 saturated carbocycles. The number of carbonyl (C=O) groups is 2. The van der Waals surface area contributed by atoms with Gasteiger partial charge < -0.3 is 15.2 Å². The number of benzene rings is 2. The summed E-state index contributed by atoms with van der Waals surface area (Å²) in [6, 6.07) is 7.78. The van der Waals surface area contributed by atoms with Crippen molar-refractivity contribution in [3.05, 3.63) is 81.6 Å². The van der Waals surface area contributed by atoms with Gasteiger partial charge in [0.2, 0.25) is 5.91 Å². The quantitative estimate of drug-likeness (QED) is 0.266. The minimum absolute atomic E-state index is 0.0877. The van der Waals surface area contributed by atoms with Crippen molar-refractivity contribution in [2.75, 3.05) is 11.1 Å². The molecule has 3 aromatic rings. The third kappa shape index (κ3) is 6.43. The Morgan fingerprint density at radius 1 is 1.29 bits per heavy atom. The second kappa shape index (κ2) is 11.6. The molecule has 12 heteroatoms. The SMILES string of the molecule is C=CCn1c(SCC(=O)Nc2c(F)cc(F)cc2Br)nnc1[C@H](C)NC(=O)c1cccc(Cl)c1. The molecule has 1 aromatic heterocycles. The lowest BCUT2D eigenvalue weighted by molar-refractivity contribution is -0.113. The first-order valence-electron chi connectivity index (χ1n) is 9.87.